The van der Waals surface area contributed by atoms with Gasteiger partial charge in [-0.3, -0.25) is 4.79 Å². The lowest BCUT2D eigenvalue weighted by atomic mass is 9.98. The summed E-state index contributed by atoms with van der Waals surface area (Å²) in [7, 11) is 0. The average Bonchev–Trinajstić information content (AvgIpc) is 3.22. The topological polar surface area (TPSA) is 214 Å². The SMILES string of the molecule is CCCCCCCCCCCCCCCOCC(COC1OC(COC2OC(CO)C(O)C(O)C2O)C(O)C(O)C1O)OC(=O)CCCCCCCCCCCCC. The quantitative estimate of drug-likeness (QED) is 0.0313. The van der Waals surface area contributed by atoms with E-state index in [1.54, 1.807) is 0 Å². The van der Waals surface area contributed by atoms with Crippen molar-refractivity contribution in [2.75, 3.05) is 33.0 Å². The zero-order valence-electron chi connectivity index (χ0n) is 36.1. The van der Waals surface area contributed by atoms with Crippen LogP contribution in [0.15, 0.2) is 0 Å². The Labute approximate surface area is 349 Å². The summed E-state index contributed by atoms with van der Waals surface area (Å²) in [6, 6.07) is 0. The normalized spacial score (nSPS) is 28.2. The van der Waals surface area contributed by atoms with E-state index in [9.17, 15) is 40.5 Å². The van der Waals surface area contributed by atoms with Gasteiger partial charge in [-0.1, -0.05) is 155 Å². The van der Waals surface area contributed by atoms with E-state index in [2.05, 4.69) is 13.8 Å². The Morgan fingerprint density at radius 2 is 0.914 bits per heavy atom. The van der Waals surface area contributed by atoms with Crippen molar-refractivity contribution in [3.05, 3.63) is 0 Å². The van der Waals surface area contributed by atoms with Crippen LogP contribution >= 0.6 is 0 Å². The van der Waals surface area contributed by atoms with Crippen LogP contribution in [-0.2, 0) is 33.2 Å². The molecule has 0 bridgehead atoms. The highest BCUT2D eigenvalue weighted by Crippen LogP contribution is 2.26. The molecular weight excluding hydrogens is 752 g/mol. The fraction of sp³-hybridized carbons (Fsp3) is 0.977. The van der Waals surface area contributed by atoms with E-state index in [0.29, 0.717) is 13.0 Å². The minimum Gasteiger partial charge on any atom is -0.457 e. The molecule has 2 rings (SSSR count). The van der Waals surface area contributed by atoms with Crippen LogP contribution in [0, 0.1) is 0 Å². The number of unbranched alkanes of at least 4 members (excludes halogenated alkanes) is 22. The van der Waals surface area contributed by atoms with Gasteiger partial charge in [-0.05, 0) is 12.8 Å². The Morgan fingerprint density at radius 3 is 1.40 bits per heavy atom. The highest BCUT2D eigenvalue weighted by molar-refractivity contribution is 5.69. The third kappa shape index (κ3) is 22.2. The number of esters is 1. The monoisotopic (exact) mass is 837 g/mol. The molecule has 0 radical (unpaired) electrons. The summed E-state index contributed by atoms with van der Waals surface area (Å²) >= 11 is 0. The van der Waals surface area contributed by atoms with E-state index in [0.717, 1.165) is 38.5 Å². The maximum absolute atomic E-state index is 12.9. The average molecular weight is 837 g/mol. The molecule has 0 spiro atoms. The van der Waals surface area contributed by atoms with E-state index >= 15 is 0 Å². The number of carbonyl (C=O) groups is 1. The zero-order valence-corrected chi connectivity index (χ0v) is 36.1. The third-order valence-electron chi connectivity index (χ3n) is 11.4. The molecule has 14 nitrogen and oxygen atoms in total. The van der Waals surface area contributed by atoms with Crippen molar-refractivity contribution in [2.45, 2.75) is 242 Å². The molecule has 344 valence electrons. The number of aliphatic hydroxyl groups excluding tert-OH is 7. The predicted molar refractivity (Wildman–Crippen MR) is 220 cm³/mol. The highest BCUT2D eigenvalue weighted by Gasteiger charge is 2.47. The molecule has 0 saturated carbocycles. The van der Waals surface area contributed by atoms with Crippen molar-refractivity contribution < 1.29 is 69.0 Å². The molecule has 14 heteroatoms. The van der Waals surface area contributed by atoms with Gasteiger partial charge in [0.15, 0.2) is 12.6 Å². The van der Waals surface area contributed by atoms with Crippen molar-refractivity contribution >= 4 is 5.97 Å². The number of aliphatic hydroxyl groups is 7. The van der Waals surface area contributed by atoms with Gasteiger partial charge >= 0.3 is 5.97 Å². The van der Waals surface area contributed by atoms with E-state index in [4.69, 9.17) is 28.4 Å². The molecule has 0 aromatic carbocycles. The fourth-order valence-electron chi connectivity index (χ4n) is 7.52. The lowest BCUT2D eigenvalue weighted by Crippen LogP contribution is -2.61. The van der Waals surface area contributed by atoms with Crippen molar-refractivity contribution in [3.8, 4) is 0 Å². The molecule has 2 heterocycles. The molecule has 0 aromatic heterocycles. The molecule has 2 aliphatic heterocycles. The van der Waals surface area contributed by atoms with Gasteiger partial charge in [0.25, 0.3) is 0 Å². The Hall–Kier alpha value is -1.01. The van der Waals surface area contributed by atoms with Crippen LogP contribution in [0.1, 0.15) is 174 Å². The van der Waals surface area contributed by atoms with Crippen LogP contribution in [0.3, 0.4) is 0 Å². The molecule has 2 saturated heterocycles. The fourth-order valence-corrected chi connectivity index (χ4v) is 7.52. The van der Waals surface area contributed by atoms with Gasteiger partial charge in [0.2, 0.25) is 0 Å². The maximum Gasteiger partial charge on any atom is 0.306 e. The Balaban J connectivity index is 1.81. The number of carbonyl (C=O) groups excluding carboxylic acids is 1. The summed E-state index contributed by atoms with van der Waals surface area (Å²) in [6.07, 6.45) is 13.1. The van der Waals surface area contributed by atoms with E-state index in [-0.39, 0.29) is 25.6 Å². The molecule has 2 aliphatic rings. The van der Waals surface area contributed by atoms with Crippen LogP contribution in [0.25, 0.3) is 0 Å². The Bertz CT molecular complexity index is 975. The van der Waals surface area contributed by atoms with Gasteiger partial charge in [-0.25, -0.2) is 0 Å². The largest absolute Gasteiger partial charge is 0.457 e. The van der Waals surface area contributed by atoms with Crippen LogP contribution in [0.5, 0.6) is 0 Å². The second-order valence-corrected chi connectivity index (χ2v) is 16.6. The second kappa shape index (κ2) is 33.6. The van der Waals surface area contributed by atoms with Gasteiger partial charge in [0, 0.05) is 13.0 Å². The summed E-state index contributed by atoms with van der Waals surface area (Å²) in [5.74, 6) is -0.375. The first-order chi connectivity index (χ1) is 28.1. The molecule has 0 amide bonds. The number of rotatable bonds is 36. The van der Waals surface area contributed by atoms with Crippen molar-refractivity contribution in [1.82, 2.24) is 0 Å². The molecular formula is C44H84O14. The minimum absolute atomic E-state index is 0.0693. The van der Waals surface area contributed by atoms with E-state index in [1.165, 1.54) is 109 Å². The predicted octanol–water partition coefficient (Wildman–Crippen LogP) is 5.35. The van der Waals surface area contributed by atoms with Gasteiger partial charge in [0.05, 0.1) is 26.4 Å². The molecule has 11 unspecified atom stereocenters. The molecule has 0 aromatic rings. The second-order valence-electron chi connectivity index (χ2n) is 16.6. The van der Waals surface area contributed by atoms with Gasteiger partial charge in [0.1, 0.15) is 54.9 Å². The molecule has 7 N–H and O–H groups in total. The van der Waals surface area contributed by atoms with Crippen LogP contribution in [0.4, 0.5) is 0 Å². The zero-order chi connectivity index (χ0) is 42.4. The Morgan fingerprint density at radius 1 is 0.500 bits per heavy atom. The number of hydrogen-bond donors (Lipinski definition) is 7. The summed E-state index contributed by atoms with van der Waals surface area (Å²) < 4.78 is 34.1. The van der Waals surface area contributed by atoms with Crippen LogP contribution in [-0.4, -0.2) is 142 Å². The van der Waals surface area contributed by atoms with Gasteiger partial charge in [-0.15, -0.1) is 0 Å². The van der Waals surface area contributed by atoms with Crippen molar-refractivity contribution in [1.29, 1.82) is 0 Å². The molecule has 58 heavy (non-hydrogen) atoms. The van der Waals surface area contributed by atoms with Gasteiger partial charge in [-0.2, -0.15) is 0 Å². The first kappa shape index (κ1) is 53.1. The summed E-state index contributed by atoms with van der Waals surface area (Å²) in [4.78, 5) is 12.9. The van der Waals surface area contributed by atoms with Crippen molar-refractivity contribution in [2.24, 2.45) is 0 Å². The molecule has 2 fully saturated rings. The van der Waals surface area contributed by atoms with E-state index < -0.39 is 80.7 Å². The number of hydrogen-bond acceptors (Lipinski definition) is 14. The molecule has 11 atom stereocenters. The smallest absolute Gasteiger partial charge is 0.306 e. The standard InChI is InChI=1S/C44H84O14/c1-3-5-7-9-11-13-15-16-18-20-22-24-26-28-53-30-33(56-36(46)27-25-23-21-19-17-14-12-10-8-6-4-2)31-54-43-42(52)40(50)38(48)35(58-43)32-55-44-41(51)39(49)37(47)34(29-45)57-44/h33-35,37-45,47-52H,3-32H2,1-2H3. The third-order valence-corrected chi connectivity index (χ3v) is 11.4. The first-order valence-electron chi connectivity index (χ1n) is 23.1. The summed E-state index contributed by atoms with van der Waals surface area (Å²) in [6.45, 7) is 3.69. The van der Waals surface area contributed by atoms with Crippen LogP contribution in [0.2, 0.25) is 0 Å². The van der Waals surface area contributed by atoms with Crippen molar-refractivity contribution in [3.63, 3.8) is 0 Å². The maximum atomic E-state index is 12.9. The van der Waals surface area contributed by atoms with Gasteiger partial charge < -0.3 is 64.2 Å². The molecule has 0 aliphatic carbocycles. The lowest BCUT2D eigenvalue weighted by Gasteiger charge is -2.42. The lowest BCUT2D eigenvalue weighted by molar-refractivity contribution is -0.332. The Kier molecular flexibility index (Phi) is 30.8. The number of ether oxygens (including phenoxy) is 6. The summed E-state index contributed by atoms with van der Waals surface area (Å²) in [5.41, 5.74) is 0. The highest BCUT2D eigenvalue weighted by atomic mass is 16.7. The minimum atomic E-state index is -1.70. The summed E-state index contributed by atoms with van der Waals surface area (Å²) in [5, 5.41) is 71.8. The van der Waals surface area contributed by atoms with Crippen LogP contribution < -0.4 is 0 Å². The first-order valence-corrected chi connectivity index (χ1v) is 23.1. The van der Waals surface area contributed by atoms with E-state index in [1.807, 2.05) is 0 Å².